The predicted octanol–water partition coefficient (Wildman–Crippen LogP) is 0.729. The second-order valence-corrected chi connectivity index (χ2v) is 5.01. The number of nitrogens with zero attached hydrogens (tertiary/aromatic N) is 3. The SMILES string of the molecule is CC(C)[C@H]1COCc2cn(nn2)CCCC(=O)N1. The maximum absolute atomic E-state index is 11.8. The molecule has 0 unspecified atom stereocenters. The minimum absolute atomic E-state index is 0.0620. The summed E-state index contributed by atoms with van der Waals surface area (Å²) in [6.45, 7) is 5.83. The van der Waals surface area contributed by atoms with E-state index in [2.05, 4.69) is 29.5 Å². The van der Waals surface area contributed by atoms with Crippen LogP contribution >= 0.6 is 0 Å². The second kappa shape index (κ2) is 5.95. The summed E-state index contributed by atoms with van der Waals surface area (Å²) in [5, 5.41) is 11.0. The maximum atomic E-state index is 11.8. The highest BCUT2D eigenvalue weighted by atomic mass is 16.5. The molecule has 0 saturated carbocycles. The van der Waals surface area contributed by atoms with Crippen molar-refractivity contribution in [2.24, 2.45) is 5.92 Å². The average Bonchev–Trinajstić information content (AvgIpc) is 2.74. The first-order chi connectivity index (χ1) is 8.65. The molecule has 6 heteroatoms. The molecule has 0 fully saturated rings. The van der Waals surface area contributed by atoms with E-state index >= 15 is 0 Å². The lowest BCUT2D eigenvalue weighted by atomic mass is 10.1. The third-order valence-electron chi connectivity index (χ3n) is 3.08. The van der Waals surface area contributed by atoms with E-state index in [1.54, 1.807) is 4.68 Å². The van der Waals surface area contributed by atoms with Crippen molar-refractivity contribution in [2.75, 3.05) is 6.61 Å². The summed E-state index contributed by atoms with van der Waals surface area (Å²) in [6, 6.07) is 0.0620. The number of aryl methyl sites for hydroxylation is 1. The van der Waals surface area contributed by atoms with Crippen LogP contribution < -0.4 is 5.32 Å². The molecule has 2 bridgehead atoms. The number of carbonyl (C=O) groups is 1. The number of amides is 1. The molecule has 1 aliphatic rings. The molecule has 100 valence electrons. The van der Waals surface area contributed by atoms with Crippen molar-refractivity contribution < 1.29 is 9.53 Å². The van der Waals surface area contributed by atoms with Crippen LogP contribution in [0.1, 0.15) is 32.4 Å². The van der Waals surface area contributed by atoms with E-state index < -0.39 is 0 Å². The fourth-order valence-electron chi connectivity index (χ4n) is 1.89. The molecule has 1 aromatic heterocycles. The summed E-state index contributed by atoms with van der Waals surface area (Å²) in [6.07, 6.45) is 3.17. The molecule has 0 radical (unpaired) electrons. The van der Waals surface area contributed by atoms with E-state index in [0.29, 0.717) is 32.1 Å². The summed E-state index contributed by atoms with van der Waals surface area (Å²) >= 11 is 0. The van der Waals surface area contributed by atoms with Crippen LogP contribution in [0, 0.1) is 5.92 Å². The number of rotatable bonds is 1. The molecule has 2 heterocycles. The fraction of sp³-hybridized carbons (Fsp3) is 0.750. The molecule has 0 aromatic carbocycles. The van der Waals surface area contributed by atoms with Crippen LogP contribution in [-0.2, 0) is 22.7 Å². The first-order valence-electron chi connectivity index (χ1n) is 6.41. The van der Waals surface area contributed by atoms with E-state index in [1.807, 2.05) is 6.20 Å². The van der Waals surface area contributed by atoms with Gasteiger partial charge in [0.15, 0.2) is 0 Å². The van der Waals surface area contributed by atoms with Gasteiger partial charge in [-0.3, -0.25) is 9.48 Å². The Bertz CT molecular complexity index is 403. The van der Waals surface area contributed by atoms with Crippen molar-refractivity contribution in [3.63, 3.8) is 0 Å². The molecule has 0 aliphatic carbocycles. The van der Waals surface area contributed by atoms with Gasteiger partial charge < -0.3 is 10.1 Å². The smallest absolute Gasteiger partial charge is 0.220 e. The normalized spacial score (nSPS) is 22.2. The molecule has 18 heavy (non-hydrogen) atoms. The van der Waals surface area contributed by atoms with Gasteiger partial charge in [0.05, 0.1) is 25.5 Å². The number of hydrogen-bond donors (Lipinski definition) is 1. The Kier molecular flexibility index (Phi) is 4.30. The Morgan fingerprint density at radius 3 is 3.17 bits per heavy atom. The highest BCUT2D eigenvalue weighted by molar-refractivity contribution is 5.76. The quantitative estimate of drug-likeness (QED) is 0.800. The van der Waals surface area contributed by atoms with Gasteiger partial charge in [-0.2, -0.15) is 0 Å². The highest BCUT2D eigenvalue weighted by Gasteiger charge is 2.17. The lowest BCUT2D eigenvalue weighted by Crippen LogP contribution is -2.41. The summed E-state index contributed by atoms with van der Waals surface area (Å²) in [5.74, 6) is 0.436. The standard InChI is InChI=1S/C12H20N4O2/c1-9(2)11-8-18-7-10-6-16(15-14-10)5-3-4-12(17)13-11/h6,9,11H,3-5,7-8H2,1-2H3,(H,13,17)/t11-/m1/s1. The van der Waals surface area contributed by atoms with Gasteiger partial charge in [0, 0.05) is 13.0 Å². The molecule has 1 atom stereocenters. The van der Waals surface area contributed by atoms with Crippen LogP contribution in [0.15, 0.2) is 6.20 Å². The van der Waals surface area contributed by atoms with Crippen LogP contribution in [-0.4, -0.2) is 33.5 Å². The third kappa shape index (κ3) is 3.53. The zero-order valence-electron chi connectivity index (χ0n) is 10.9. The first kappa shape index (κ1) is 13.0. The van der Waals surface area contributed by atoms with Crippen LogP contribution in [0.5, 0.6) is 0 Å². The first-order valence-corrected chi connectivity index (χ1v) is 6.41. The van der Waals surface area contributed by atoms with Gasteiger partial charge in [0.1, 0.15) is 5.69 Å². The number of fused-ring (bicyclic) bond motifs is 2. The summed E-state index contributed by atoms with van der Waals surface area (Å²) in [4.78, 5) is 11.8. The Balaban J connectivity index is 2.03. The zero-order valence-corrected chi connectivity index (χ0v) is 10.9. The molecule has 1 amide bonds. The Labute approximate surface area is 107 Å². The summed E-state index contributed by atoms with van der Waals surface area (Å²) in [7, 11) is 0. The van der Waals surface area contributed by atoms with E-state index in [1.165, 1.54) is 0 Å². The number of carbonyl (C=O) groups excluding carboxylic acids is 1. The number of ether oxygens (including phenoxy) is 1. The highest BCUT2D eigenvalue weighted by Crippen LogP contribution is 2.07. The Morgan fingerprint density at radius 1 is 1.56 bits per heavy atom. The van der Waals surface area contributed by atoms with Gasteiger partial charge in [-0.1, -0.05) is 19.1 Å². The molecule has 6 nitrogen and oxygen atoms in total. The molecule has 2 rings (SSSR count). The number of nitrogens with one attached hydrogen (secondary N) is 1. The third-order valence-corrected chi connectivity index (χ3v) is 3.08. The predicted molar refractivity (Wildman–Crippen MR) is 65.7 cm³/mol. The van der Waals surface area contributed by atoms with E-state index in [-0.39, 0.29) is 11.9 Å². The molecule has 0 spiro atoms. The van der Waals surface area contributed by atoms with Crippen molar-refractivity contribution in [3.05, 3.63) is 11.9 Å². The molecule has 0 saturated heterocycles. The van der Waals surface area contributed by atoms with Gasteiger partial charge >= 0.3 is 0 Å². The van der Waals surface area contributed by atoms with Crippen LogP contribution in [0.25, 0.3) is 0 Å². The van der Waals surface area contributed by atoms with Gasteiger partial charge in [-0.25, -0.2) is 0 Å². The number of hydrogen-bond acceptors (Lipinski definition) is 4. The lowest BCUT2D eigenvalue weighted by Gasteiger charge is -2.22. The van der Waals surface area contributed by atoms with E-state index in [4.69, 9.17) is 4.74 Å². The lowest BCUT2D eigenvalue weighted by molar-refractivity contribution is -0.122. The fourth-order valence-corrected chi connectivity index (χ4v) is 1.89. The Morgan fingerprint density at radius 2 is 2.39 bits per heavy atom. The van der Waals surface area contributed by atoms with Crippen LogP contribution in [0.4, 0.5) is 0 Å². The van der Waals surface area contributed by atoms with Crippen molar-refractivity contribution in [2.45, 2.75) is 45.9 Å². The maximum Gasteiger partial charge on any atom is 0.220 e. The molecule has 1 aromatic rings. The van der Waals surface area contributed by atoms with Gasteiger partial charge in [0.2, 0.25) is 5.91 Å². The molecular formula is C12H20N4O2. The van der Waals surface area contributed by atoms with Crippen molar-refractivity contribution >= 4 is 5.91 Å². The van der Waals surface area contributed by atoms with Gasteiger partial charge in [-0.05, 0) is 12.3 Å². The summed E-state index contributed by atoms with van der Waals surface area (Å²) < 4.78 is 7.35. The molecule has 1 N–H and O–H groups in total. The monoisotopic (exact) mass is 252 g/mol. The zero-order chi connectivity index (χ0) is 13.0. The molecule has 1 aliphatic heterocycles. The van der Waals surface area contributed by atoms with Crippen LogP contribution in [0.3, 0.4) is 0 Å². The topological polar surface area (TPSA) is 69.0 Å². The second-order valence-electron chi connectivity index (χ2n) is 5.01. The van der Waals surface area contributed by atoms with Crippen molar-refractivity contribution in [1.82, 2.24) is 20.3 Å². The number of aromatic nitrogens is 3. The van der Waals surface area contributed by atoms with Crippen LogP contribution in [0.2, 0.25) is 0 Å². The van der Waals surface area contributed by atoms with Gasteiger partial charge in [-0.15, -0.1) is 5.10 Å². The Hall–Kier alpha value is -1.43. The average molecular weight is 252 g/mol. The minimum atomic E-state index is 0.0620. The van der Waals surface area contributed by atoms with Crippen molar-refractivity contribution in [1.29, 1.82) is 0 Å². The van der Waals surface area contributed by atoms with Gasteiger partial charge in [0.25, 0.3) is 0 Å². The van der Waals surface area contributed by atoms with Crippen molar-refractivity contribution in [3.8, 4) is 0 Å². The summed E-state index contributed by atoms with van der Waals surface area (Å²) in [5.41, 5.74) is 0.837. The largest absolute Gasteiger partial charge is 0.373 e. The van der Waals surface area contributed by atoms with E-state index in [0.717, 1.165) is 12.1 Å². The minimum Gasteiger partial charge on any atom is -0.373 e. The molecular weight excluding hydrogens is 232 g/mol. The van der Waals surface area contributed by atoms with E-state index in [9.17, 15) is 4.79 Å².